The maximum absolute atomic E-state index is 13.2. The third-order valence-electron chi connectivity index (χ3n) is 5.16. The molecule has 0 saturated carbocycles. The normalized spacial score (nSPS) is 21.9. The summed E-state index contributed by atoms with van der Waals surface area (Å²) in [5.41, 5.74) is 1.13. The van der Waals surface area contributed by atoms with Crippen molar-refractivity contribution in [3.8, 4) is 11.5 Å². The number of urea groups is 1. The van der Waals surface area contributed by atoms with Crippen LogP contribution in [0, 0.1) is 5.92 Å². The van der Waals surface area contributed by atoms with E-state index in [9.17, 15) is 28.3 Å². The van der Waals surface area contributed by atoms with Gasteiger partial charge >= 0.3 is 18.3 Å². The number of carboxylic acid groups (broad SMARTS) is 1. The molecule has 3 amide bonds. The van der Waals surface area contributed by atoms with Crippen LogP contribution in [0.2, 0.25) is 0 Å². The molecule has 1 fully saturated rings. The Labute approximate surface area is 174 Å². The minimum atomic E-state index is -3.77. The Bertz CT molecular complexity index is 1050. The van der Waals surface area contributed by atoms with Crippen molar-refractivity contribution in [1.29, 1.82) is 0 Å². The van der Waals surface area contributed by atoms with Crippen LogP contribution in [0.3, 0.4) is 0 Å². The highest BCUT2D eigenvalue weighted by atomic mass is 19.3. The maximum atomic E-state index is 13.2. The molecule has 2 N–H and O–H groups in total. The largest absolute Gasteiger partial charge is 0.586 e. The van der Waals surface area contributed by atoms with Crippen molar-refractivity contribution >= 4 is 17.9 Å². The molecule has 1 aromatic heterocycles. The average molecular weight is 433 g/mol. The van der Waals surface area contributed by atoms with E-state index in [0.29, 0.717) is 10.5 Å². The minimum absolute atomic E-state index is 0.143. The van der Waals surface area contributed by atoms with Crippen LogP contribution in [0.5, 0.6) is 11.5 Å². The first-order valence-electron chi connectivity index (χ1n) is 9.31. The number of carbonyl (C=O) groups excluding carboxylic acids is 2. The highest BCUT2D eigenvalue weighted by molar-refractivity contribution is 6.07. The van der Waals surface area contributed by atoms with Gasteiger partial charge in [-0.3, -0.25) is 9.78 Å². The van der Waals surface area contributed by atoms with Crippen molar-refractivity contribution in [2.45, 2.75) is 31.7 Å². The lowest BCUT2D eigenvalue weighted by molar-refractivity contribution is -0.286. The predicted octanol–water partition coefficient (Wildman–Crippen LogP) is 2.33. The van der Waals surface area contributed by atoms with Crippen molar-refractivity contribution in [3.63, 3.8) is 0 Å². The number of benzene rings is 1. The lowest BCUT2D eigenvalue weighted by Crippen LogP contribution is -2.68. The summed E-state index contributed by atoms with van der Waals surface area (Å²) < 4.78 is 35.1. The first-order valence-corrected chi connectivity index (χ1v) is 9.31. The molecule has 4 rings (SSSR count). The highest BCUT2D eigenvalue weighted by Crippen LogP contribution is 2.42. The molecule has 31 heavy (non-hydrogen) atoms. The topological polar surface area (TPSA) is 118 Å². The van der Waals surface area contributed by atoms with Crippen LogP contribution in [-0.2, 0) is 16.0 Å². The number of likely N-dealkylation sites (tertiary alicyclic amines) is 1. The highest BCUT2D eigenvalue weighted by Gasteiger charge is 2.54. The molecule has 0 radical (unpaired) electrons. The monoisotopic (exact) mass is 433 g/mol. The molecule has 1 saturated heterocycles. The summed E-state index contributed by atoms with van der Waals surface area (Å²) in [6.45, 7) is 1.56. The number of fused-ring (bicyclic) bond motifs is 1. The number of ether oxygens (including phenoxy) is 2. The summed E-state index contributed by atoms with van der Waals surface area (Å²) in [7, 11) is 0. The van der Waals surface area contributed by atoms with Gasteiger partial charge < -0.3 is 19.9 Å². The molecule has 0 spiro atoms. The Hall–Kier alpha value is -3.76. The quantitative estimate of drug-likeness (QED) is 0.695. The fraction of sp³-hybridized carbons (Fsp3) is 0.300. The molecule has 0 bridgehead atoms. The van der Waals surface area contributed by atoms with E-state index >= 15 is 0 Å². The third-order valence-corrected chi connectivity index (χ3v) is 5.16. The fourth-order valence-corrected chi connectivity index (χ4v) is 3.60. The van der Waals surface area contributed by atoms with Crippen LogP contribution in [0.25, 0.3) is 0 Å². The van der Waals surface area contributed by atoms with E-state index in [-0.39, 0.29) is 17.9 Å². The molecule has 2 unspecified atom stereocenters. The molecule has 2 aliphatic rings. The molecule has 2 aromatic rings. The number of nitrogens with one attached hydrogen (secondary N) is 1. The van der Waals surface area contributed by atoms with E-state index < -0.39 is 42.2 Å². The molecule has 162 valence electrons. The second-order valence-electron chi connectivity index (χ2n) is 7.20. The zero-order chi connectivity index (χ0) is 22.3. The van der Waals surface area contributed by atoms with Crippen LogP contribution in [0.15, 0.2) is 42.7 Å². The van der Waals surface area contributed by atoms with E-state index in [1.165, 1.54) is 30.6 Å². The number of aromatic nitrogens is 1. The Balaban J connectivity index is 1.44. The molecular weight excluding hydrogens is 416 g/mol. The summed E-state index contributed by atoms with van der Waals surface area (Å²) in [6.07, 6.45) is -0.548. The number of carboxylic acids is 1. The van der Waals surface area contributed by atoms with Gasteiger partial charge in [0.25, 0.3) is 0 Å². The van der Waals surface area contributed by atoms with Crippen LogP contribution < -0.4 is 14.8 Å². The zero-order valence-corrected chi connectivity index (χ0v) is 16.1. The van der Waals surface area contributed by atoms with E-state index in [1.807, 2.05) is 0 Å². The molecule has 3 atom stereocenters. The van der Waals surface area contributed by atoms with Crippen molar-refractivity contribution in [1.82, 2.24) is 15.2 Å². The van der Waals surface area contributed by atoms with Gasteiger partial charge in [0.05, 0.1) is 12.0 Å². The lowest BCUT2D eigenvalue weighted by Gasteiger charge is -2.43. The summed E-state index contributed by atoms with van der Waals surface area (Å²) in [5, 5.41) is 12.1. The molecule has 11 heteroatoms. The van der Waals surface area contributed by atoms with Crippen LogP contribution in [0.4, 0.5) is 13.6 Å². The number of β-lactam (4-membered cyclic amide) rings is 1. The van der Waals surface area contributed by atoms with E-state index in [0.717, 1.165) is 5.56 Å². The van der Waals surface area contributed by atoms with Crippen molar-refractivity contribution in [2.75, 3.05) is 0 Å². The average Bonchev–Trinajstić information content (AvgIpc) is 3.03. The Kier molecular flexibility index (Phi) is 4.96. The number of imide groups is 1. The minimum Gasteiger partial charge on any atom is -0.480 e. The zero-order valence-electron chi connectivity index (χ0n) is 16.1. The fourth-order valence-electron chi connectivity index (χ4n) is 3.60. The number of amides is 3. The first kappa shape index (κ1) is 20.5. The molecule has 1 aromatic carbocycles. The van der Waals surface area contributed by atoms with Crippen molar-refractivity contribution in [2.24, 2.45) is 5.92 Å². The molecular formula is C20H17F2N3O6. The number of rotatable bonds is 5. The third kappa shape index (κ3) is 3.86. The van der Waals surface area contributed by atoms with Crippen LogP contribution in [-0.4, -0.2) is 45.2 Å². The van der Waals surface area contributed by atoms with E-state index in [1.54, 1.807) is 19.1 Å². The van der Waals surface area contributed by atoms with Crippen LogP contribution >= 0.6 is 0 Å². The van der Waals surface area contributed by atoms with Gasteiger partial charge in [-0.05, 0) is 48.7 Å². The number of nitrogens with zero attached hydrogens (tertiary/aromatic N) is 2. The van der Waals surface area contributed by atoms with Gasteiger partial charge in [-0.1, -0.05) is 6.07 Å². The number of hydrogen-bond donors (Lipinski definition) is 2. The smallest absolute Gasteiger partial charge is 0.480 e. The molecule has 2 aliphatic heterocycles. The van der Waals surface area contributed by atoms with Gasteiger partial charge in [-0.2, -0.15) is 0 Å². The van der Waals surface area contributed by atoms with Crippen molar-refractivity contribution in [3.05, 3.63) is 53.9 Å². The van der Waals surface area contributed by atoms with Gasteiger partial charge in [0.15, 0.2) is 17.5 Å². The summed E-state index contributed by atoms with van der Waals surface area (Å²) in [6, 6.07) is 4.40. The Morgan fingerprint density at radius 1 is 1.23 bits per heavy atom. The number of carbonyl (C=O) groups is 3. The molecule has 0 aliphatic carbocycles. The summed E-state index contributed by atoms with van der Waals surface area (Å²) in [4.78, 5) is 41.4. The second-order valence-corrected chi connectivity index (χ2v) is 7.20. The number of hydrogen-bond acceptors (Lipinski definition) is 6. The first-order chi connectivity index (χ1) is 14.7. The maximum Gasteiger partial charge on any atom is 0.586 e. The SMILES string of the molecule is CC(NC(=O)N1C(=O)[C@H](Cc2ccncc2)C1C(=O)O)c1ccc2c(c1)OC(F)(F)O2. The Morgan fingerprint density at radius 3 is 2.58 bits per heavy atom. The standard InChI is InChI=1S/C20H17F2N3O6/c1-10(12-2-3-14-15(9-12)31-20(21,22)30-14)24-19(29)25-16(18(27)28)13(17(25)26)8-11-4-6-23-7-5-11/h2-7,9-10,13,16H,8H2,1H3,(H,24,29)(H,27,28)/t10?,13-,16?/m1/s1. The number of aliphatic carboxylic acids is 1. The van der Waals surface area contributed by atoms with Gasteiger partial charge in [0.2, 0.25) is 5.91 Å². The van der Waals surface area contributed by atoms with Gasteiger partial charge in [-0.25, -0.2) is 14.5 Å². The predicted molar refractivity (Wildman–Crippen MR) is 99.3 cm³/mol. The van der Waals surface area contributed by atoms with Crippen LogP contribution in [0.1, 0.15) is 24.1 Å². The number of pyridine rings is 1. The lowest BCUT2D eigenvalue weighted by atomic mass is 9.82. The van der Waals surface area contributed by atoms with Gasteiger partial charge in [0.1, 0.15) is 0 Å². The molecule has 3 heterocycles. The Morgan fingerprint density at radius 2 is 1.90 bits per heavy atom. The molecule has 9 nitrogen and oxygen atoms in total. The van der Waals surface area contributed by atoms with Gasteiger partial charge in [-0.15, -0.1) is 8.78 Å². The second kappa shape index (κ2) is 7.49. The number of halogens is 2. The van der Waals surface area contributed by atoms with Gasteiger partial charge in [0, 0.05) is 12.4 Å². The summed E-state index contributed by atoms with van der Waals surface area (Å²) in [5.74, 6) is -3.13. The summed E-state index contributed by atoms with van der Waals surface area (Å²) >= 11 is 0. The number of alkyl halides is 2. The van der Waals surface area contributed by atoms with E-state index in [4.69, 9.17) is 0 Å². The van der Waals surface area contributed by atoms with E-state index in [2.05, 4.69) is 19.8 Å². The van der Waals surface area contributed by atoms with Crippen molar-refractivity contribution < 1.29 is 37.7 Å².